The van der Waals surface area contributed by atoms with Crippen LogP contribution >= 0.6 is 0 Å². The minimum atomic E-state index is 0.194. The molecule has 2 aromatic carbocycles. The molecule has 3 rings (SSSR count). The summed E-state index contributed by atoms with van der Waals surface area (Å²) < 4.78 is 0. The molecule has 0 bridgehead atoms. The summed E-state index contributed by atoms with van der Waals surface area (Å²) in [7, 11) is 3.70. The summed E-state index contributed by atoms with van der Waals surface area (Å²) in [5, 5.41) is 0. The highest BCUT2D eigenvalue weighted by molar-refractivity contribution is 5.79. The summed E-state index contributed by atoms with van der Waals surface area (Å²) in [5.41, 5.74) is 2.66. The van der Waals surface area contributed by atoms with Gasteiger partial charge in [0, 0.05) is 39.1 Å². The first kappa shape index (κ1) is 16.7. The Kier molecular flexibility index (Phi) is 5.31. The predicted octanol–water partition coefficient (Wildman–Crippen LogP) is 3.56. The van der Waals surface area contributed by atoms with Gasteiger partial charge in [0.05, 0.1) is 0 Å². The van der Waals surface area contributed by atoms with E-state index in [4.69, 9.17) is 0 Å². The van der Waals surface area contributed by atoms with Crippen LogP contribution in [0.15, 0.2) is 60.7 Å². The third-order valence-corrected chi connectivity index (χ3v) is 4.88. The summed E-state index contributed by atoms with van der Waals surface area (Å²) in [6.07, 6.45) is 1.94. The fourth-order valence-corrected chi connectivity index (χ4v) is 3.40. The largest absolute Gasteiger partial charge is 0.349 e. The number of rotatable bonds is 6. The van der Waals surface area contributed by atoms with Gasteiger partial charge in [0.1, 0.15) is 0 Å². The van der Waals surface area contributed by atoms with Crippen LogP contribution in [0.5, 0.6) is 0 Å². The molecule has 2 aromatic rings. The van der Waals surface area contributed by atoms with E-state index >= 15 is 0 Å². The van der Waals surface area contributed by atoms with Crippen molar-refractivity contribution < 1.29 is 4.79 Å². The van der Waals surface area contributed by atoms with Crippen molar-refractivity contribution in [3.63, 3.8) is 0 Å². The highest BCUT2D eigenvalue weighted by atomic mass is 16.2. The predicted molar refractivity (Wildman–Crippen MR) is 97.3 cm³/mol. The average Bonchev–Trinajstić information content (AvgIpc) is 2.55. The van der Waals surface area contributed by atoms with Gasteiger partial charge in [0.25, 0.3) is 0 Å². The maximum atomic E-state index is 12.1. The zero-order chi connectivity index (χ0) is 16.9. The monoisotopic (exact) mass is 322 g/mol. The molecule has 0 heterocycles. The quantitative estimate of drug-likeness (QED) is 0.812. The molecule has 1 aliphatic carbocycles. The molecule has 1 saturated carbocycles. The molecule has 0 N–H and O–H groups in total. The SMILES string of the molecule is CN(C)C(=O)[C@H]1C[C@@H](N(Cc2ccccc2)Cc2ccccc2)C1. The van der Waals surface area contributed by atoms with Crippen LogP contribution in [-0.4, -0.2) is 35.8 Å². The molecule has 1 fully saturated rings. The van der Waals surface area contributed by atoms with Crippen molar-refractivity contribution in [1.29, 1.82) is 0 Å². The minimum Gasteiger partial charge on any atom is -0.349 e. The number of carbonyl (C=O) groups excluding carboxylic acids is 1. The molecule has 3 heteroatoms. The van der Waals surface area contributed by atoms with Crippen molar-refractivity contribution in [1.82, 2.24) is 9.80 Å². The van der Waals surface area contributed by atoms with Crippen LogP contribution in [0.25, 0.3) is 0 Å². The summed E-state index contributed by atoms with van der Waals surface area (Å²) in [6.45, 7) is 1.87. The number of nitrogens with zero attached hydrogens (tertiary/aromatic N) is 2. The van der Waals surface area contributed by atoms with Crippen LogP contribution in [0.4, 0.5) is 0 Å². The van der Waals surface area contributed by atoms with Gasteiger partial charge in [-0.05, 0) is 24.0 Å². The van der Waals surface area contributed by atoms with E-state index in [1.807, 2.05) is 14.1 Å². The third-order valence-electron chi connectivity index (χ3n) is 4.88. The summed E-state index contributed by atoms with van der Waals surface area (Å²) >= 11 is 0. The minimum absolute atomic E-state index is 0.194. The van der Waals surface area contributed by atoms with E-state index in [9.17, 15) is 4.79 Å². The Labute approximate surface area is 144 Å². The highest BCUT2D eigenvalue weighted by Gasteiger charge is 2.38. The van der Waals surface area contributed by atoms with E-state index in [0.717, 1.165) is 25.9 Å². The van der Waals surface area contributed by atoms with Crippen molar-refractivity contribution in [3.05, 3.63) is 71.8 Å². The van der Waals surface area contributed by atoms with Gasteiger partial charge >= 0.3 is 0 Å². The molecule has 0 unspecified atom stereocenters. The van der Waals surface area contributed by atoms with Gasteiger partial charge in [0.2, 0.25) is 5.91 Å². The lowest BCUT2D eigenvalue weighted by Gasteiger charge is -2.43. The Bertz CT molecular complexity index is 607. The molecule has 0 aromatic heterocycles. The third kappa shape index (κ3) is 4.04. The van der Waals surface area contributed by atoms with E-state index in [1.165, 1.54) is 11.1 Å². The van der Waals surface area contributed by atoms with Gasteiger partial charge in [-0.3, -0.25) is 9.69 Å². The second-order valence-corrected chi connectivity index (χ2v) is 6.93. The zero-order valence-electron chi connectivity index (χ0n) is 14.6. The second kappa shape index (κ2) is 7.63. The Morgan fingerprint density at radius 1 is 0.875 bits per heavy atom. The number of hydrogen-bond acceptors (Lipinski definition) is 2. The molecule has 1 aliphatic rings. The topological polar surface area (TPSA) is 23.6 Å². The standard InChI is InChI=1S/C21H26N2O/c1-22(2)21(24)19-13-20(14-19)23(15-17-9-5-3-6-10-17)16-18-11-7-4-8-12-18/h3-12,19-20H,13-16H2,1-2H3/t19-,20+. The molecule has 1 amide bonds. The first-order valence-electron chi connectivity index (χ1n) is 8.66. The zero-order valence-corrected chi connectivity index (χ0v) is 14.6. The van der Waals surface area contributed by atoms with Crippen LogP contribution < -0.4 is 0 Å². The Hall–Kier alpha value is -2.13. The average molecular weight is 322 g/mol. The van der Waals surface area contributed by atoms with Gasteiger partial charge in [-0.15, -0.1) is 0 Å². The van der Waals surface area contributed by atoms with E-state index in [0.29, 0.717) is 6.04 Å². The van der Waals surface area contributed by atoms with Crippen molar-refractivity contribution in [3.8, 4) is 0 Å². The summed E-state index contributed by atoms with van der Waals surface area (Å²) in [5.74, 6) is 0.463. The Morgan fingerprint density at radius 3 is 1.75 bits per heavy atom. The van der Waals surface area contributed by atoms with Gasteiger partial charge in [-0.1, -0.05) is 60.7 Å². The summed E-state index contributed by atoms with van der Waals surface area (Å²) in [6, 6.07) is 21.7. The van der Waals surface area contributed by atoms with Crippen molar-refractivity contribution in [2.24, 2.45) is 5.92 Å². The first-order chi connectivity index (χ1) is 11.6. The lowest BCUT2D eigenvalue weighted by Crippen LogP contribution is -2.48. The fraction of sp³-hybridized carbons (Fsp3) is 0.381. The van der Waals surface area contributed by atoms with Crippen LogP contribution in [0.1, 0.15) is 24.0 Å². The molecule has 0 atom stereocenters. The van der Waals surface area contributed by atoms with E-state index in [-0.39, 0.29) is 11.8 Å². The molecular weight excluding hydrogens is 296 g/mol. The maximum absolute atomic E-state index is 12.1. The highest BCUT2D eigenvalue weighted by Crippen LogP contribution is 2.34. The lowest BCUT2D eigenvalue weighted by atomic mass is 9.78. The van der Waals surface area contributed by atoms with Gasteiger partial charge in [-0.2, -0.15) is 0 Å². The van der Waals surface area contributed by atoms with Gasteiger partial charge in [-0.25, -0.2) is 0 Å². The number of carbonyl (C=O) groups is 1. The smallest absolute Gasteiger partial charge is 0.225 e. The fourth-order valence-electron chi connectivity index (χ4n) is 3.40. The van der Waals surface area contributed by atoms with Gasteiger partial charge < -0.3 is 4.90 Å². The Balaban J connectivity index is 1.68. The van der Waals surface area contributed by atoms with E-state index in [1.54, 1.807) is 4.90 Å². The molecule has 24 heavy (non-hydrogen) atoms. The van der Waals surface area contributed by atoms with Crippen LogP contribution in [0, 0.1) is 5.92 Å². The summed E-state index contributed by atoms with van der Waals surface area (Å²) in [4.78, 5) is 16.4. The maximum Gasteiger partial charge on any atom is 0.225 e. The molecule has 0 saturated heterocycles. The van der Waals surface area contributed by atoms with Crippen molar-refractivity contribution in [2.45, 2.75) is 32.0 Å². The molecule has 0 aliphatic heterocycles. The lowest BCUT2D eigenvalue weighted by molar-refractivity contribution is -0.138. The van der Waals surface area contributed by atoms with E-state index in [2.05, 4.69) is 65.6 Å². The number of hydrogen-bond donors (Lipinski definition) is 0. The number of benzene rings is 2. The Morgan fingerprint density at radius 2 is 1.33 bits per heavy atom. The van der Waals surface area contributed by atoms with Gasteiger partial charge in [0.15, 0.2) is 0 Å². The number of amides is 1. The van der Waals surface area contributed by atoms with Crippen LogP contribution in [0.3, 0.4) is 0 Å². The normalized spacial score (nSPS) is 19.8. The second-order valence-electron chi connectivity index (χ2n) is 6.93. The van der Waals surface area contributed by atoms with E-state index < -0.39 is 0 Å². The van der Waals surface area contributed by atoms with Crippen molar-refractivity contribution >= 4 is 5.91 Å². The van der Waals surface area contributed by atoms with Crippen LogP contribution in [-0.2, 0) is 17.9 Å². The molecular formula is C21H26N2O. The molecule has 0 radical (unpaired) electrons. The molecule has 0 spiro atoms. The first-order valence-corrected chi connectivity index (χ1v) is 8.66. The van der Waals surface area contributed by atoms with Crippen LogP contribution in [0.2, 0.25) is 0 Å². The molecule has 126 valence electrons. The molecule has 3 nitrogen and oxygen atoms in total. The van der Waals surface area contributed by atoms with Crippen molar-refractivity contribution in [2.75, 3.05) is 14.1 Å².